The fourth-order valence-electron chi connectivity index (χ4n) is 1.38. The molecule has 0 bridgehead atoms. The Bertz CT molecular complexity index is 324. The molecule has 0 saturated heterocycles. The topological polar surface area (TPSA) is 70.4 Å². The van der Waals surface area contributed by atoms with E-state index in [1.165, 1.54) is 0 Å². The Morgan fingerprint density at radius 1 is 1.59 bits per heavy atom. The first-order valence-electron chi connectivity index (χ1n) is 5.66. The highest BCUT2D eigenvalue weighted by atomic mass is 16.3. The monoisotopic (exact) mass is 240 g/mol. The predicted octanol–water partition coefficient (Wildman–Crippen LogP) is -0.688. The number of aliphatic hydroxyl groups is 1. The molecule has 0 aliphatic rings. The van der Waals surface area contributed by atoms with Crippen molar-refractivity contribution in [2.75, 3.05) is 27.2 Å². The fourth-order valence-corrected chi connectivity index (χ4v) is 1.38. The molecule has 0 aliphatic heterocycles. The van der Waals surface area contributed by atoms with Crippen molar-refractivity contribution in [2.24, 2.45) is 0 Å². The molecule has 0 saturated carbocycles. The summed E-state index contributed by atoms with van der Waals surface area (Å²) in [6.45, 7) is 1.50. The number of nitrogens with zero attached hydrogens (tertiary/aromatic N) is 3. The van der Waals surface area contributed by atoms with Gasteiger partial charge in [0, 0.05) is 46.0 Å². The minimum atomic E-state index is -0.496. The minimum absolute atomic E-state index is 0.0825. The van der Waals surface area contributed by atoms with Crippen molar-refractivity contribution in [2.45, 2.75) is 19.1 Å². The van der Waals surface area contributed by atoms with Crippen LogP contribution in [0.4, 0.5) is 0 Å². The van der Waals surface area contributed by atoms with Gasteiger partial charge in [0.1, 0.15) is 0 Å². The van der Waals surface area contributed by atoms with Gasteiger partial charge in [-0.2, -0.15) is 5.10 Å². The van der Waals surface area contributed by atoms with E-state index < -0.39 is 6.10 Å². The lowest BCUT2D eigenvalue weighted by Crippen LogP contribution is -2.33. The average molecular weight is 240 g/mol. The van der Waals surface area contributed by atoms with Crippen molar-refractivity contribution in [3.8, 4) is 0 Å². The molecule has 0 fully saturated rings. The van der Waals surface area contributed by atoms with E-state index in [1.807, 2.05) is 6.07 Å². The van der Waals surface area contributed by atoms with E-state index in [2.05, 4.69) is 10.4 Å². The highest BCUT2D eigenvalue weighted by Crippen LogP contribution is 1.90. The number of hydrogen-bond donors (Lipinski definition) is 2. The lowest BCUT2D eigenvalue weighted by molar-refractivity contribution is -0.128. The summed E-state index contributed by atoms with van der Waals surface area (Å²) in [5.74, 6) is 0.0825. The second-order valence-electron chi connectivity index (χ2n) is 4.12. The molecule has 1 aromatic rings. The van der Waals surface area contributed by atoms with Crippen LogP contribution < -0.4 is 5.32 Å². The number of aromatic nitrogens is 2. The highest BCUT2D eigenvalue weighted by molar-refractivity contribution is 5.75. The molecule has 1 heterocycles. The third kappa shape index (κ3) is 5.46. The average Bonchev–Trinajstić information content (AvgIpc) is 2.76. The van der Waals surface area contributed by atoms with Gasteiger partial charge in [-0.25, -0.2) is 0 Å². The summed E-state index contributed by atoms with van der Waals surface area (Å²) < 4.78 is 1.68. The molecule has 0 aliphatic carbocycles. The molecule has 1 rings (SSSR count). The number of aliphatic hydroxyl groups excluding tert-OH is 1. The molecule has 1 amide bonds. The third-order valence-electron chi connectivity index (χ3n) is 2.35. The van der Waals surface area contributed by atoms with Crippen LogP contribution >= 0.6 is 0 Å². The molecular weight excluding hydrogens is 220 g/mol. The van der Waals surface area contributed by atoms with Crippen molar-refractivity contribution in [1.29, 1.82) is 0 Å². The Morgan fingerprint density at radius 3 is 2.94 bits per heavy atom. The quantitative estimate of drug-likeness (QED) is 0.619. The van der Waals surface area contributed by atoms with Crippen LogP contribution in [-0.4, -0.2) is 59.0 Å². The first kappa shape index (κ1) is 13.7. The summed E-state index contributed by atoms with van der Waals surface area (Å²) in [5, 5.41) is 16.7. The van der Waals surface area contributed by atoms with Crippen molar-refractivity contribution in [1.82, 2.24) is 20.0 Å². The molecular formula is C11H20N4O2. The Labute approximate surface area is 101 Å². The van der Waals surface area contributed by atoms with E-state index in [-0.39, 0.29) is 5.91 Å². The SMILES string of the molecule is CN(C)C(=O)CCNCC(O)Cn1cccn1. The Kier molecular flexibility index (Phi) is 5.65. The Morgan fingerprint density at radius 2 is 2.35 bits per heavy atom. The van der Waals surface area contributed by atoms with Gasteiger partial charge in [-0.05, 0) is 6.07 Å². The van der Waals surface area contributed by atoms with E-state index in [4.69, 9.17) is 0 Å². The van der Waals surface area contributed by atoms with Crippen LogP contribution in [0.2, 0.25) is 0 Å². The second kappa shape index (κ2) is 7.03. The smallest absolute Gasteiger partial charge is 0.223 e. The first-order valence-corrected chi connectivity index (χ1v) is 5.66. The van der Waals surface area contributed by atoms with E-state index >= 15 is 0 Å². The number of carbonyl (C=O) groups is 1. The lowest BCUT2D eigenvalue weighted by atomic mass is 10.3. The van der Waals surface area contributed by atoms with Gasteiger partial charge in [0.05, 0.1) is 12.6 Å². The number of hydrogen-bond acceptors (Lipinski definition) is 4. The van der Waals surface area contributed by atoms with E-state index in [0.717, 1.165) is 0 Å². The normalized spacial score (nSPS) is 12.4. The molecule has 1 aromatic heterocycles. The van der Waals surface area contributed by atoms with Gasteiger partial charge in [-0.1, -0.05) is 0 Å². The maximum absolute atomic E-state index is 11.3. The number of rotatable bonds is 7. The Balaban J connectivity index is 2.08. The summed E-state index contributed by atoms with van der Waals surface area (Å²) >= 11 is 0. The molecule has 0 aromatic carbocycles. The number of nitrogens with one attached hydrogen (secondary N) is 1. The zero-order valence-corrected chi connectivity index (χ0v) is 10.3. The molecule has 1 atom stereocenters. The molecule has 6 nitrogen and oxygen atoms in total. The third-order valence-corrected chi connectivity index (χ3v) is 2.35. The molecule has 0 spiro atoms. The predicted molar refractivity (Wildman–Crippen MR) is 64.4 cm³/mol. The van der Waals surface area contributed by atoms with Crippen LogP contribution in [0.3, 0.4) is 0 Å². The molecule has 1 unspecified atom stereocenters. The van der Waals surface area contributed by atoms with Crippen molar-refractivity contribution >= 4 is 5.91 Å². The van der Waals surface area contributed by atoms with Gasteiger partial charge in [0.25, 0.3) is 0 Å². The van der Waals surface area contributed by atoms with E-state index in [0.29, 0.717) is 26.1 Å². The molecule has 17 heavy (non-hydrogen) atoms. The van der Waals surface area contributed by atoms with Crippen molar-refractivity contribution in [3.63, 3.8) is 0 Å². The summed E-state index contributed by atoms with van der Waals surface area (Å²) in [4.78, 5) is 12.8. The minimum Gasteiger partial charge on any atom is -0.390 e. The van der Waals surface area contributed by atoms with Crippen LogP contribution in [0.25, 0.3) is 0 Å². The van der Waals surface area contributed by atoms with Gasteiger partial charge in [0.2, 0.25) is 5.91 Å². The molecule has 2 N–H and O–H groups in total. The van der Waals surface area contributed by atoms with E-state index in [1.54, 1.807) is 36.1 Å². The standard InChI is InChI=1S/C11H20N4O2/c1-14(2)11(17)4-6-12-8-10(16)9-15-7-3-5-13-15/h3,5,7,10,12,16H,4,6,8-9H2,1-2H3. The van der Waals surface area contributed by atoms with Crippen molar-refractivity contribution in [3.05, 3.63) is 18.5 Å². The molecule has 96 valence electrons. The number of amides is 1. The molecule has 6 heteroatoms. The van der Waals surface area contributed by atoms with E-state index in [9.17, 15) is 9.90 Å². The number of carbonyl (C=O) groups excluding carboxylic acids is 1. The van der Waals surface area contributed by atoms with Gasteiger partial charge < -0.3 is 15.3 Å². The van der Waals surface area contributed by atoms with Crippen LogP contribution in [0.5, 0.6) is 0 Å². The van der Waals surface area contributed by atoms with Crippen LogP contribution in [-0.2, 0) is 11.3 Å². The van der Waals surface area contributed by atoms with Gasteiger partial charge >= 0.3 is 0 Å². The fraction of sp³-hybridized carbons (Fsp3) is 0.636. The molecule has 0 radical (unpaired) electrons. The van der Waals surface area contributed by atoms with Crippen molar-refractivity contribution < 1.29 is 9.90 Å². The lowest BCUT2D eigenvalue weighted by Gasteiger charge is -2.13. The zero-order valence-electron chi connectivity index (χ0n) is 10.3. The summed E-state index contributed by atoms with van der Waals surface area (Å²) in [6.07, 6.45) is 3.43. The zero-order chi connectivity index (χ0) is 12.7. The second-order valence-corrected chi connectivity index (χ2v) is 4.12. The van der Waals surface area contributed by atoms with Gasteiger partial charge in [-0.3, -0.25) is 9.48 Å². The maximum Gasteiger partial charge on any atom is 0.223 e. The summed E-state index contributed by atoms with van der Waals surface area (Å²) in [6, 6.07) is 1.82. The maximum atomic E-state index is 11.3. The Hall–Kier alpha value is -1.40. The van der Waals surface area contributed by atoms with Crippen LogP contribution in [0, 0.1) is 0 Å². The largest absolute Gasteiger partial charge is 0.390 e. The van der Waals surface area contributed by atoms with Crippen LogP contribution in [0.15, 0.2) is 18.5 Å². The van der Waals surface area contributed by atoms with Gasteiger partial charge in [-0.15, -0.1) is 0 Å². The van der Waals surface area contributed by atoms with Crippen LogP contribution in [0.1, 0.15) is 6.42 Å². The summed E-state index contributed by atoms with van der Waals surface area (Å²) in [5.41, 5.74) is 0. The first-order chi connectivity index (χ1) is 8.09. The highest BCUT2D eigenvalue weighted by Gasteiger charge is 2.06. The van der Waals surface area contributed by atoms with Gasteiger partial charge in [0.15, 0.2) is 0 Å². The summed E-state index contributed by atoms with van der Waals surface area (Å²) in [7, 11) is 3.46.